The minimum Gasteiger partial charge on any atom is -0.381 e. The van der Waals surface area contributed by atoms with E-state index in [0.29, 0.717) is 5.92 Å². The number of nitrogens with zero attached hydrogens (tertiary/aromatic N) is 1. The van der Waals surface area contributed by atoms with Crippen LogP contribution in [0.3, 0.4) is 0 Å². The smallest absolute Gasteiger partial charge is 0.0798 e. The summed E-state index contributed by atoms with van der Waals surface area (Å²) in [7, 11) is 0. The summed E-state index contributed by atoms with van der Waals surface area (Å²) in [5.41, 5.74) is 9.15. The highest BCUT2D eigenvalue weighted by Crippen LogP contribution is 2.30. The van der Waals surface area contributed by atoms with Gasteiger partial charge in [-0.15, -0.1) is 11.3 Å². The summed E-state index contributed by atoms with van der Waals surface area (Å²) < 4.78 is 5.45. The highest BCUT2D eigenvalue weighted by Gasteiger charge is 2.24. The second-order valence-electron chi connectivity index (χ2n) is 3.81. The van der Waals surface area contributed by atoms with E-state index in [0.717, 1.165) is 25.3 Å². The van der Waals surface area contributed by atoms with E-state index in [1.54, 1.807) is 11.3 Å². The molecule has 1 aliphatic heterocycles. The Balaban J connectivity index is 2.07. The number of nitrogens with two attached hydrogens (primary N) is 1. The van der Waals surface area contributed by atoms with Crippen LogP contribution < -0.4 is 5.73 Å². The molecule has 2 atom stereocenters. The van der Waals surface area contributed by atoms with Gasteiger partial charge in [0.1, 0.15) is 0 Å². The number of aryl methyl sites for hydroxylation is 1. The van der Waals surface area contributed by atoms with E-state index in [9.17, 15) is 0 Å². The fourth-order valence-electron chi connectivity index (χ4n) is 1.89. The fourth-order valence-corrected chi connectivity index (χ4v) is 2.79. The van der Waals surface area contributed by atoms with Crippen molar-refractivity contribution in [3.63, 3.8) is 0 Å². The topological polar surface area (TPSA) is 48.1 Å². The summed E-state index contributed by atoms with van der Waals surface area (Å²) in [6, 6.07) is 0.114. The molecule has 1 aromatic rings. The van der Waals surface area contributed by atoms with Gasteiger partial charge in [-0.3, -0.25) is 0 Å². The Morgan fingerprint density at radius 1 is 1.71 bits per heavy atom. The van der Waals surface area contributed by atoms with Gasteiger partial charge in [0.2, 0.25) is 0 Å². The highest BCUT2D eigenvalue weighted by atomic mass is 32.1. The molecule has 0 spiro atoms. The summed E-state index contributed by atoms with van der Waals surface area (Å²) in [6.07, 6.45) is 2.31. The van der Waals surface area contributed by atoms with Crippen LogP contribution in [0.1, 0.15) is 29.5 Å². The van der Waals surface area contributed by atoms with Gasteiger partial charge in [0.15, 0.2) is 0 Å². The molecule has 78 valence electrons. The summed E-state index contributed by atoms with van der Waals surface area (Å²) in [5, 5.41) is 0. The Bertz CT molecular complexity index is 294. The van der Waals surface area contributed by atoms with Crippen molar-refractivity contribution in [2.24, 2.45) is 11.7 Å². The third kappa shape index (κ3) is 1.97. The molecule has 0 bridgehead atoms. The SMILES string of the molecule is Cc1ncsc1C(N)C1CCCOC1. The van der Waals surface area contributed by atoms with Crippen LogP contribution in [0, 0.1) is 12.8 Å². The monoisotopic (exact) mass is 212 g/mol. The van der Waals surface area contributed by atoms with Crippen molar-refractivity contribution in [1.29, 1.82) is 0 Å². The molecule has 1 saturated heterocycles. The maximum absolute atomic E-state index is 6.21. The predicted octanol–water partition coefficient (Wildman–Crippen LogP) is 1.88. The molecule has 2 heterocycles. The molecule has 4 heteroatoms. The van der Waals surface area contributed by atoms with Crippen LogP contribution in [-0.2, 0) is 4.74 Å². The lowest BCUT2D eigenvalue weighted by atomic mass is 9.93. The molecule has 2 N–H and O–H groups in total. The van der Waals surface area contributed by atoms with Gasteiger partial charge in [-0.25, -0.2) is 4.98 Å². The van der Waals surface area contributed by atoms with Crippen molar-refractivity contribution in [1.82, 2.24) is 4.98 Å². The molecule has 0 saturated carbocycles. The Kier molecular flexibility index (Phi) is 3.15. The molecule has 0 aromatic carbocycles. The number of hydrogen-bond acceptors (Lipinski definition) is 4. The molecule has 0 radical (unpaired) electrons. The molecule has 1 fully saturated rings. The minimum absolute atomic E-state index is 0.114. The second kappa shape index (κ2) is 4.38. The maximum Gasteiger partial charge on any atom is 0.0798 e. The molecule has 2 rings (SSSR count). The molecule has 1 aromatic heterocycles. The number of ether oxygens (including phenoxy) is 1. The molecule has 2 unspecified atom stereocenters. The quantitative estimate of drug-likeness (QED) is 0.814. The van der Waals surface area contributed by atoms with Crippen molar-refractivity contribution in [3.8, 4) is 0 Å². The van der Waals surface area contributed by atoms with Gasteiger partial charge in [0.05, 0.1) is 17.8 Å². The average molecular weight is 212 g/mol. The van der Waals surface area contributed by atoms with Gasteiger partial charge in [0, 0.05) is 23.4 Å². The number of thiazole rings is 1. The average Bonchev–Trinajstić information content (AvgIpc) is 2.65. The van der Waals surface area contributed by atoms with E-state index >= 15 is 0 Å². The van der Waals surface area contributed by atoms with Crippen molar-refractivity contribution in [2.75, 3.05) is 13.2 Å². The lowest BCUT2D eigenvalue weighted by Crippen LogP contribution is -2.28. The Morgan fingerprint density at radius 3 is 3.14 bits per heavy atom. The van der Waals surface area contributed by atoms with E-state index in [1.807, 2.05) is 12.4 Å². The van der Waals surface area contributed by atoms with Gasteiger partial charge in [-0.1, -0.05) is 0 Å². The first-order valence-corrected chi connectivity index (χ1v) is 5.90. The summed E-state index contributed by atoms with van der Waals surface area (Å²) in [4.78, 5) is 5.45. The fraction of sp³-hybridized carbons (Fsp3) is 0.700. The number of hydrogen-bond donors (Lipinski definition) is 1. The lowest BCUT2D eigenvalue weighted by molar-refractivity contribution is 0.0451. The van der Waals surface area contributed by atoms with E-state index in [-0.39, 0.29) is 6.04 Å². The first-order valence-electron chi connectivity index (χ1n) is 5.02. The van der Waals surface area contributed by atoms with E-state index in [1.165, 1.54) is 11.3 Å². The Hall–Kier alpha value is -0.450. The molecular formula is C10H16N2OS. The molecule has 3 nitrogen and oxygen atoms in total. The van der Waals surface area contributed by atoms with Crippen LogP contribution in [0.15, 0.2) is 5.51 Å². The van der Waals surface area contributed by atoms with Crippen LogP contribution in [0.4, 0.5) is 0 Å². The van der Waals surface area contributed by atoms with Crippen LogP contribution in [0.5, 0.6) is 0 Å². The molecule has 0 amide bonds. The number of aromatic nitrogens is 1. The lowest BCUT2D eigenvalue weighted by Gasteiger charge is -2.27. The zero-order chi connectivity index (χ0) is 9.97. The van der Waals surface area contributed by atoms with Crippen LogP contribution in [0.25, 0.3) is 0 Å². The van der Waals surface area contributed by atoms with Crippen LogP contribution >= 0.6 is 11.3 Å². The van der Waals surface area contributed by atoms with E-state index < -0.39 is 0 Å². The highest BCUT2D eigenvalue weighted by molar-refractivity contribution is 7.09. The van der Waals surface area contributed by atoms with Gasteiger partial charge < -0.3 is 10.5 Å². The van der Waals surface area contributed by atoms with Gasteiger partial charge >= 0.3 is 0 Å². The Morgan fingerprint density at radius 2 is 2.57 bits per heavy atom. The van der Waals surface area contributed by atoms with E-state index in [2.05, 4.69) is 4.98 Å². The molecule has 14 heavy (non-hydrogen) atoms. The summed E-state index contributed by atoms with van der Waals surface area (Å²) in [5.74, 6) is 0.475. The zero-order valence-corrected chi connectivity index (χ0v) is 9.22. The molecule has 0 aliphatic carbocycles. The van der Waals surface area contributed by atoms with Crippen LogP contribution in [-0.4, -0.2) is 18.2 Å². The van der Waals surface area contributed by atoms with Crippen molar-refractivity contribution in [2.45, 2.75) is 25.8 Å². The zero-order valence-electron chi connectivity index (χ0n) is 8.40. The standard InChI is InChI=1S/C10H16N2OS/c1-7-10(14-6-12-7)9(11)8-3-2-4-13-5-8/h6,8-9H,2-5,11H2,1H3. The Labute approximate surface area is 88.3 Å². The normalized spacial score (nSPS) is 24.9. The van der Waals surface area contributed by atoms with E-state index in [4.69, 9.17) is 10.5 Å². The van der Waals surface area contributed by atoms with Crippen molar-refractivity contribution < 1.29 is 4.74 Å². The minimum atomic E-state index is 0.114. The summed E-state index contributed by atoms with van der Waals surface area (Å²) >= 11 is 1.66. The molecular weight excluding hydrogens is 196 g/mol. The first kappa shape index (κ1) is 10.1. The second-order valence-corrected chi connectivity index (χ2v) is 4.69. The predicted molar refractivity (Wildman–Crippen MR) is 57.3 cm³/mol. The van der Waals surface area contributed by atoms with Gasteiger partial charge in [-0.2, -0.15) is 0 Å². The van der Waals surface area contributed by atoms with Gasteiger partial charge in [0.25, 0.3) is 0 Å². The third-order valence-electron chi connectivity index (χ3n) is 2.79. The van der Waals surface area contributed by atoms with Crippen LogP contribution in [0.2, 0.25) is 0 Å². The van der Waals surface area contributed by atoms with Crippen molar-refractivity contribution >= 4 is 11.3 Å². The third-order valence-corrected chi connectivity index (χ3v) is 3.82. The van der Waals surface area contributed by atoms with Gasteiger partial charge in [-0.05, 0) is 19.8 Å². The number of rotatable bonds is 2. The first-order chi connectivity index (χ1) is 6.79. The maximum atomic E-state index is 6.21. The largest absolute Gasteiger partial charge is 0.381 e. The summed E-state index contributed by atoms with van der Waals surface area (Å²) in [6.45, 7) is 3.72. The molecule has 1 aliphatic rings. The van der Waals surface area contributed by atoms with Crippen molar-refractivity contribution in [3.05, 3.63) is 16.1 Å².